The van der Waals surface area contributed by atoms with Crippen molar-refractivity contribution in [2.75, 3.05) is 7.11 Å². The van der Waals surface area contributed by atoms with Gasteiger partial charge in [-0.1, -0.05) is 27.7 Å². The number of amides is 1. The van der Waals surface area contributed by atoms with Crippen LogP contribution in [0.1, 0.15) is 101 Å². The molecular weight excluding hydrogens is 654 g/mol. The van der Waals surface area contributed by atoms with Crippen molar-refractivity contribution in [1.82, 2.24) is 5.32 Å². The monoisotopic (exact) mass is 715 g/mol. The molecular formula is C36H61NO13. The fraction of sp³-hybridized carbons (Fsp3) is 0.917. The van der Waals surface area contributed by atoms with Gasteiger partial charge in [0, 0.05) is 50.7 Å². The third-order valence-corrected chi connectivity index (χ3v) is 11.7. The highest BCUT2D eigenvalue weighted by atomic mass is 16.7. The maximum absolute atomic E-state index is 14.4. The molecule has 0 aliphatic carbocycles. The number of hydrogen-bond donors (Lipinski definition) is 5. The fourth-order valence-corrected chi connectivity index (χ4v) is 8.96. The first-order chi connectivity index (χ1) is 23.0. The van der Waals surface area contributed by atoms with Crippen LogP contribution in [0.3, 0.4) is 0 Å². The number of aliphatic hydroxyl groups is 4. The first-order valence-corrected chi connectivity index (χ1v) is 18.1. The van der Waals surface area contributed by atoms with Crippen LogP contribution in [0, 0.1) is 23.7 Å². The molecule has 4 fully saturated rings. The van der Waals surface area contributed by atoms with Gasteiger partial charge in [-0.25, -0.2) is 0 Å². The number of fused-ring (bicyclic) bond motifs is 2. The van der Waals surface area contributed by atoms with Crippen molar-refractivity contribution in [2.24, 2.45) is 23.7 Å². The Bertz CT molecular complexity index is 1240. The zero-order valence-electron chi connectivity index (χ0n) is 31.5. The molecule has 4 saturated heterocycles. The van der Waals surface area contributed by atoms with Crippen molar-refractivity contribution in [1.29, 1.82) is 0 Å². The number of hydrogen-bond acceptors (Lipinski definition) is 13. The van der Waals surface area contributed by atoms with E-state index < -0.39 is 101 Å². The number of rotatable bonds is 5. The molecule has 4 rings (SSSR count). The Morgan fingerprint density at radius 2 is 1.64 bits per heavy atom. The molecule has 5 N–H and O–H groups in total. The van der Waals surface area contributed by atoms with Gasteiger partial charge in [0.25, 0.3) is 0 Å². The minimum atomic E-state index is -2.02. The molecule has 4 aliphatic rings. The predicted octanol–water partition coefficient (Wildman–Crippen LogP) is 1.75. The van der Waals surface area contributed by atoms with Crippen molar-refractivity contribution in [3.8, 4) is 0 Å². The summed E-state index contributed by atoms with van der Waals surface area (Å²) >= 11 is 0. The minimum absolute atomic E-state index is 0.0487. The van der Waals surface area contributed by atoms with Gasteiger partial charge in [0.05, 0.1) is 41.7 Å². The van der Waals surface area contributed by atoms with Gasteiger partial charge in [0.15, 0.2) is 12.1 Å². The normalized spacial score (nSPS) is 50.8. The second-order valence-electron chi connectivity index (χ2n) is 16.2. The summed E-state index contributed by atoms with van der Waals surface area (Å²) in [6.45, 7) is 16.1. The van der Waals surface area contributed by atoms with Crippen LogP contribution in [0.2, 0.25) is 0 Å². The van der Waals surface area contributed by atoms with Gasteiger partial charge in [0.2, 0.25) is 5.91 Å². The number of ether oxygens (including phenoxy) is 6. The van der Waals surface area contributed by atoms with E-state index in [0.29, 0.717) is 12.8 Å². The van der Waals surface area contributed by atoms with E-state index in [1.807, 2.05) is 6.92 Å². The van der Waals surface area contributed by atoms with Crippen molar-refractivity contribution in [3.05, 3.63) is 0 Å². The molecule has 0 aromatic rings. The first kappa shape index (κ1) is 41.0. The van der Waals surface area contributed by atoms with Gasteiger partial charge in [-0.05, 0) is 53.9 Å². The van der Waals surface area contributed by atoms with Crippen molar-refractivity contribution >= 4 is 17.7 Å². The Morgan fingerprint density at radius 1 is 1.00 bits per heavy atom. The smallest absolute Gasteiger partial charge is 0.317 e. The molecule has 1 amide bonds. The number of cyclic esters (lactones) is 1. The van der Waals surface area contributed by atoms with Gasteiger partial charge >= 0.3 is 5.97 Å². The van der Waals surface area contributed by atoms with E-state index >= 15 is 0 Å². The lowest BCUT2D eigenvalue weighted by Crippen LogP contribution is -2.75. The van der Waals surface area contributed by atoms with Crippen LogP contribution in [0.15, 0.2) is 0 Å². The summed E-state index contributed by atoms with van der Waals surface area (Å²) in [6.07, 6.45) is -7.08. The molecule has 4 aliphatic heterocycles. The zero-order chi connectivity index (χ0) is 37.7. The molecule has 17 atom stereocenters. The first-order valence-electron chi connectivity index (χ1n) is 18.1. The molecule has 0 bridgehead atoms. The molecule has 0 aromatic heterocycles. The maximum atomic E-state index is 14.4. The van der Waals surface area contributed by atoms with Gasteiger partial charge in [-0.2, -0.15) is 0 Å². The lowest BCUT2D eigenvalue weighted by atomic mass is 9.68. The van der Waals surface area contributed by atoms with Crippen molar-refractivity contribution < 1.29 is 63.2 Å². The topological polar surface area (TPSA) is 200 Å². The summed E-state index contributed by atoms with van der Waals surface area (Å²) in [4.78, 5) is 40.1. The molecule has 1 spiro atoms. The number of aliphatic hydroxyl groups excluding tert-OH is 2. The third-order valence-electron chi connectivity index (χ3n) is 11.7. The average molecular weight is 716 g/mol. The summed E-state index contributed by atoms with van der Waals surface area (Å²) in [5.41, 5.74) is -4.91. The van der Waals surface area contributed by atoms with Crippen LogP contribution in [0.25, 0.3) is 0 Å². The summed E-state index contributed by atoms with van der Waals surface area (Å²) in [5, 5.41) is 49.2. The Morgan fingerprint density at radius 3 is 2.22 bits per heavy atom. The van der Waals surface area contributed by atoms with E-state index in [1.54, 1.807) is 41.5 Å². The molecule has 7 unspecified atom stereocenters. The standard InChI is InChI=1S/C36H61NO13/c1-12-24-35(10,44)29(40)19(4)27(39)17(2)15-33(8,43)31(48-25-14-23(37-22(7)38)13-18(3)46-25)20(5)28-26(32(42)47-24)36(50-28)16-34(9,45-11)30(41)21(6)49-36/h17-21,23-26,28-31,40-41,43-44H,12-16H2,1-11H3,(H,37,38)/t17-,18?,19+,20+,21?,23?,24-,25?,26-,28+,29-,30?,31-,33+,34?,35-,36?/m1/s1. The van der Waals surface area contributed by atoms with Crippen molar-refractivity contribution in [3.63, 3.8) is 0 Å². The number of ketones is 1. The second kappa shape index (κ2) is 14.9. The SMILES string of the molecule is CC[C@H]1OC(=O)[C@H]2[C@@H](OC23CC(C)(OC)C(O)C(C)O3)[C@H](C)[C@@H](OC2CC(NC(C)=O)CC(C)O2)[C@@](C)(O)C[C@@H](C)C(=O)[C@H](C)[C@@H](O)[C@]1(C)O. The molecule has 0 aromatic carbocycles. The van der Waals surface area contributed by atoms with Gasteiger partial charge in [-0.3, -0.25) is 14.4 Å². The molecule has 14 heteroatoms. The molecule has 14 nitrogen and oxygen atoms in total. The van der Waals surface area contributed by atoms with Gasteiger partial charge in [-0.15, -0.1) is 0 Å². The van der Waals surface area contributed by atoms with Crippen LogP contribution in [0.5, 0.6) is 0 Å². The fourth-order valence-electron chi connectivity index (χ4n) is 8.96. The maximum Gasteiger partial charge on any atom is 0.317 e. The highest BCUT2D eigenvalue weighted by molar-refractivity contribution is 5.83. The predicted molar refractivity (Wildman–Crippen MR) is 178 cm³/mol. The van der Waals surface area contributed by atoms with Crippen LogP contribution >= 0.6 is 0 Å². The molecule has 50 heavy (non-hydrogen) atoms. The van der Waals surface area contributed by atoms with Gasteiger partial charge in [0.1, 0.15) is 29.5 Å². The minimum Gasteiger partial charge on any atom is -0.459 e. The molecule has 0 radical (unpaired) electrons. The summed E-state index contributed by atoms with van der Waals surface area (Å²) in [7, 11) is 1.45. The Hall–Kier alpha value is -1.75. The number of esters is 1. The highest BCUT2D eigenvalue weighted by Gasteiger charge is 2.70. The number of carbonyl (C=O) groups excluding carboxylic acids is 3. The number of Topliss-reactive ketones (excluding diaryl/α,β-unsaturated/α-hetero) is 1. The largest absolute Gasteiger partial charge is 0.459 e. The summed E-state index contributed by atoms with van der Waals surface area (Å²) in [5.74, 6) is -6.76. The zero-order valence-corrected chi connectivity index (χ0v) is 31.5. The molecule has 288 valence electrons. The second-order valence-corrected chi connectivity index (χ2v) is 16.2. The molecule has 0 saturated carbocycles. The Balaban J connectivity index is 1.81. The van der Waals surface area contributed by atoms with Crippen molar-refractivity contribution in [2.45, 2.75) is 179 Å². The van der Waals surface area contributed by atoms with Crippen LogP contribution < -0.4 is 5.32 Å². The van der Waals surface area contributed by atoms with E-state index in [0.717, 1.165) is 0 Å². The van der Waals surface area contributed by atoms with E-state index in [1.165, 1.54) is 27.9 Å². The lowest BCUT2D eigenvalue weighted by Gasteiger charge is -2.62. The van der Waals surface area contributed by atoms with E-state index in [-0.39, 0.29) is 37.3 Å². The van der Waals surface area contributed by atoms with E-state index in [9.17, 15) is 34.8 Å². The Labute approximate surface area is 295 Å². The number of methoxy groups -OCH3 is 1. The summed E-state index contributed by atoms with van der Waals surface area (Å²) < 4.78 is 37.4. The van der Waals surface area contributed by atoms with E-state index in [2.05, 4.69) is 5.32 Å². The number of nitrogens with one attached hydrogen (secondary N) is 1. The lowest BCUT2D eigenvalue weighted by molar-refractivity contribution is -0.440. The third kappa shape index (κ3) is 7.79. The molecule has 4 heterocycles. The van der Waals surface area contributed by atoms with Crippen LogP contribution in [-0.4, -0.2) is 123 Å². The Kier molecular flexibility index (Phi) is 12.3. The average Bonchev–Trinajstić information content (AvgIpc) is 3.00. The van der Waals surface area contributed by atoms with Crippen LogP contribution in [0.4, 0.5) is 0 Å². The van der Waals surface area contributed by atoms with Crippen LogP contribution in [-0.2, 0) is 42.8 Å². The summed E-state index contributed by atoms with van der Waals surface area (Å²) in [6, 6.07) is -0.247. The van der Waals surface area contributed by atoms with Gasteiger partial charge < -0.3 is 54.2 Å². The van der Waals surface area contributed by atoms with E-state index in [4.69, 9.17) is 28.4 Å². The quantitative estimate of drug-likeness (QED) is 0.258. The number of carbonyl (C=O) groups is 3. The highest BCUT2D eigenvalue weighted by Crippen LogP contribution is 2.55.